The van der Waals surface area contributed by atoms with Crippen LogP contribution >= 0.6 is 0 Å². The number of unbranched alkanes of at least 4 members (excludes halogenated alkanes) is 3. The van der Waals surface area contributed by atoms with Gasteiger partial charge in [-0.1, -0.05) is 0 Å². The maximum absolute atomic E-state index is 5.87. The van der Waals surface area contributed by atoms with E-state index in [1.54, 1.807) is 0 Å². The zero-order chi connectivity index (χ0) is 11.6. The summed E-state index contributed by atoms with van der Waals surface area (Å²) in [6.45, 7) is 6.85. The van der Waals surface area contributed by atoms with Crippen molar-refractivity contribution in [2.24, 2.45) is 5.84 Å². The molecule has 0 saturated heterocycles. The normalized spacial score (nSPS) is 12.0. The van der Waals surface area contributed by atoms with Crippen molar-refractivity contribution in [2.45, 2.75) is 72.6 Å². The van der Waals surface area contributed by atoms with Gasteiger partial charge in [-0.05, 0) is 0 Å². The van der Waals surface area contributed by atoms with Gasteiger partial charge in [0.2, 0.25) is 0 Å². The molecule has 0 unspecified atom stereocenters. The molecule has 0 saturated carbocycles. The Hall–Kier alpha value is 0.719. The molecule has 0 aromatic heterocycles. The van der Waals surface area contributed by atoms with Crippen molar-refractivity contribution in [3.8, 4) is 0 Å². The summed E-state index contributed by atoms with van der Waals surface area (Å²) in [6.07, 6.45) is 8.10. The molecule has 0 atom stereocenters. The van der Waals surface area contributed by atoms with Gasteiger partial charge in [0.05, 0.1) is 0 Å². The monoisotopic (exact) mass is 322 g/mol. The van der Waals surface area contributed by atoms with E-state index in [0.717, 1.165) is 0 Å². The van der Waals surface area contributed by atoms with Crippen molar-refractivity contribution in [1.29, 1.82) is 0 Å². The molecule has 3 heteroatoms. The number of rotatable bonds is 10. The molecule has 92 valence electrons. The van der Waals surface area contributed by atoms with Crippen LogP contribution in [-0.4, -0.2) is 18.7 Å². The van der Waals surface area contributed by atoms with Crippen LogP contribution in [0.15, 0.2) is 0 Å². The molecular formula is C12H30N2Sn. The van der Waals surface area contributed by atoms with Crippen molar-refractivity contribution in [3.05, 3.63) is 0 Å². The van der Waals surface area contributed by atoms with Crippen LogP contribution in [0.1, 0.15) is 59.3 Å². The van der Waals surface area contributed by atoms with E-state index in [1.165, 1.54) is 51.8 Å². The summed E-state index contributed by atoms with van der Waals surface area (Å²) >= 11 is -2.09. The first-order chi connectivity index (χ1) is 7.24. The van der Waals surface area contributed by atoms with Crippen LogP contribution in [0.25, 0.3) is 0 Å². The van der Waals surface area contributed by atoms with Gasteiger partial charge < -0.3 is 0 Å². The molecule has 0 amide bonds. The molecule has 15 heavy (non-hydrogen) atoms. The van der Waals surface area contributed by atoms with Gasteiger partial charge in [0.1, 0.15) is 0 Å². The van der Waals surface area contributed by atoms with Gasteiger partial charge >= 0.3 is 101 Å². The third kappa shape index (κ3) is 6.80. The van der Waals surface area contributed by atoms with E-state index in [1.807, 2.05) is 0 Å². The summed E-state index contributed by atoms with van der Waals surface area (Å²) in [5.41, 5.74) is 0. The Morgan fingerprint density at radius 2 is 1.13 bits per heavy atom. The second-order valence-electron chi connectivity index (χ2n) is 4.74. The van der Waals surface area contributed by atoms with E-state index >= 15 is 0 Å². The van der Waals surface area contributed by atoms with E-state index in [4.69, 9.17) is 5.84 Å². The zero-order valence-corrected chi connectivity index (χ0v) is 13.8. The van der Waals surface area contributed by atoms with Gasteiger partial charge in [0.15, 0.2) is 0 Å². The molecular weight excluding hydrogens is 291 g/mol. The SMILES string of the molecule is CCC[CH2][Sn]([CH2]CCC)([CH2]CCC)[NH]N. The Kier molecular flexibility index (Phi) is 10.4. The Balaban J connectivity index is 4.16. The fourth-order valence-corrected chi connectivity index (χ4v) is 14.3. The number of nitrogens with one attached hydrogen (secondary N) is 1. The van der Waals surface area contributed by atoms with Crippen LogP contribution in [0.3, 0.4) is 0 Å². The van der Waals surface area contributed by atoms with Gasteiger partial charge in [-0.15, -0.1) is 0 Å². The maximum atomic E-state index is 5.87. The number of hydrogen-bond donors (Lipinski definition) is 2. The molecule has 0 bridgehead atoms. The molecule has 0 aliphatic rings. The van der Waals surface area contributed by atoms with E-state index in [0.29, 0.717) is 0 Å². The first kappa shape index (κ1) is 15.7. The number of nitrogens with two attached hydrogens (primary N) is 1. The van der Waals surface area contributed by atoms with Gasteiger partial charge in [-0.25, -0.2) is 0 Å². The minimum absolute atomic E-state index is 1.32. The third-order valence-corrected chi connectivity index (χ3v) is 16.3. The summed E-state index contributed by atoms with van der Waals surface area (Å²) in [6, 6.07) is 0. The predicted octanol–water partition coefficient (Wildman–Crippen LogP) is 3.80. The summed E-state index contributed by atoms with van der Waals surface area (Å²) < 4.78 is 7.67. The average Bonchev–Trinajstić information content (AvgIpc) is 2.29. The van der Waals surface area contributed by atoms with Gasteiger partial charge in [0.25, 0.3) is 0 Å². The average molecular weight is 321 g/mol. The Labute approximate surface area is 101 Å². The van der Waals surface area contributed by atoms with Crippen LogP contribution < -0.4 is 9.49 Å². The summed E-state index contributed by atoms with van der Waals surface area (Å²) in [5, 5.41) is 0. The van der Waals surface area contributed by atoms with E-state index in [9.17, 15) is 0 Å². The van der Waals surface area contributed by atoms with E-state index < -0.39 is 18.7 Å². The Bertz CT molecular complexity index is 118. The molecule has 0 aliphatic heterocycles. The van der Waals surface area contributed by atoms with Gasteiger partial charge in [0, 0.05) is 0 Å². The number of hydrazine groups is 1. The number of hydrogen-bond acceptors (Lipinski definition) is 2. The van der Waals surface area contributed by atoms with Gasteiger partial charge in [-0.2, -0.15) is 0 Å². The van der Waals surface area contributed by atoms with Crippen molar-refractivity contribution >= 4 is 18.7 Å². The molecule has 3 N–H and O–H groups in total. The van der Waals surface area contributed by atoms with Crippen molar-refractivity contribution in [2.75, 3.05) is 0 Å². The molecule has 0 heterocycles. The van der Waals surface area contributed by atoms with Crippen molar-refractivity contribution in [1.82, 2.24) is 3.65 Å². The van der Waals surface area contributed by atoms with Crippen molar-refractivity contribution in [3.63, 3.8) is 0 Å². The molecule has 0 aromatic rings. The molecule has 0 radical (unpaired) electrons. The molecule has 0 aromatic carbocycles. The second-order valence-corrected chi connectivity index (χ2v) is 17.1. The summed E-state index contributed by atoms with van der Waals surface area (Å²) in [7, 11) is 0. The first-order valence-corrected chi connectivity index (χ1v) is 14.2. The standard InChI is InChI=1S/3C4H9.H3N2.Sn/c3*1-3-4-2;1-2;/h3*1,3-4H2,2H3;1H,2H2;/q;;;-1;+1. The van der Waals surface area contributed by atoms with Crippen molar-refractivity contribution < 1.29 is 0 Å². The first-order valence-electron chi connectivity index (χ1n) is 6.72. The van der Waals surface area contributed by atoms with Crippen LogP contribution in [0, 0.1) is 0 Å². The topological polar surface area (TPSA) is 38.0 Å². The summed E-state index contributed by atoms with van der Waals surface area (Å²) in [4.78, 5) is 0. The Morgan fingerprint density at radius 3 is 1.33 bits per heavy atom. The van der Waals surface area contributed by atoms with E-state index in [2.05, 4.69) is 24.4 Å². The molecule has 0 rings (SSSR count). The fraction of sp³-hybridized carbons (Fsp3) is 1.00. The third-order valence-electron chi connectivity index (χ3n) is 3.33. The predicted molar refractivity (Wildman–Crippen MR) is 72.2 cm³/mol. The Morgan fingerprint density at radius 1 is 0.800 bits per heavy atom. The van der Waals surface area contributed by atoms with Crippen LogP contribution in [0.4, 0.5) is 0 Å². The van der Waals surface area contributed by atoms with E-state index in [-0.39, 0.29) is 0 Å². The second kappa shape index (κ2) is 9.91. The molecule has 2 nitrogen and oxygen atoms in total. The van der Waals surface area contributed by atoms with Gasteiger partial charge in [-0.3, -0.25) is 0 Å². The van der Waals surface area contributed by atoms with Crippen LogP contribution in [-0.2, 0) is 0 Å². The zero-order valence-electron chi connectivity index (χ0n) is 10.9. The minimum atomic E-state index is -2.09. The van der Waals surface area contributed by atoms with Crippen LogP contribution in [0.5, 0.6) is 0 Å². The molecule has 0 fully saturated rings. The molecule has 0 aliphatic carbocycles. The summed E-state index contributed by atoms with van der Waals surface area (Å²) in [5.74, 6) is 5.87. The fourth-order valence-electron chi connectivity index (χ4n) is 2.14. The van der Waals surface area contributed by atoms with Crippen LogP contribution in [0.2, 0.25) is 13.3 Å². The molecule has 0 spiro atoms. The quantitative estimate of drug-likeness (QED) is 0.365.